The fourth-order valence-corrected chi connectivity index (χ4v) is 2.42. The summed E-state index contributed by atoms with van der Waals surface area (Å²) in [6, 6.07) is 4.33. The molecule has 0 amide bonds. The van der Waals surface area contributed by atoms with Crippen molar-refractivity contribution in [2.45, 2.75) is 6.54 Å². The number of rotatable bonds is 3. The van der Waals surface area contributed by atoms with Crippen LogP contribution in [0.1, 0.15) is 5.69 Å². The molecule has 2 heterocycles. The first-order valence-corrected chi connectivity index (χ1v) is 6.96. The first kappa shape index (κ1) is 13.3. The summed E-state index contributed by atoms with van der Waals surface area (Å²) in [5, 5.41) is 3.48. The number of fused-ring (bicyclic) bond motifs is 1. The van der Waals surface area contributed by atoms with Gasteiger partial charge in [-0.05, 0) is 34.1 Å². The molecule has 0 saturated heterocycles. The van der Waals surface area contributed by atoms with Gasteiger partial charge < -0.3 is 5.32 Å². The molecule has 0 unspecified atom stereocenters. The van der Waals surface area contributed by atoms with Gasteiger partial charge in [0.1, 0.15) is 10.4 Å². The van der Waals surface area contributed by atoms with Crippen LogP contribution in [0.25, 0.3) is 5.65 Å². The highest BCUT2D eigenvalue weighted by Crippen LogP contribution is 2.19. The topological polar surface area (TPSA) is 42.2 Å². The number of anilines is 1. The minimum atomic E-state index is -0.370. The highest BCUT2D eigenvalue weighted by molar-refractivity contribution is 9.10. The Labute approximate surface area is 127 Å². The standard InChI is InChI=1S/C13H9BrClFN4/c14-12-7-20-11(5-19-13(20)6-18-12)4-17-10-2-8(15)1-9(16)3-10/h1-3,5-7,17H,4H2. The molecule has 0 aliphatic carbocycles. The Hall–Kier alpha value is -1.66. The van der Waals surface area contributed by atoms with Crippen molar-refractivity contribution >= 4 is 38.9 Å². The van der Waals surface area contributed by atoms with Gasteiger partial charge in [0, 0.05) is 16.9 Å². The maximum absolute atomic E-state index is 13.2. The van der Waals surface area contributed by atoms with Crippen LogP contribution < -0.4 is 5.32 Å². The highest BCUT2D eigenvalue weighted by Gasteiger charge is 2.05. The molecule has 0 radical (unpaired) electrons. The summed E-state index contributed by atoms with van der Waals surface area (Å²) < 4.78 is 15.9. The third-order valence-corrected chi connectivity index (χ3v) is 3.40. The van der Waals surface area contributed by atoms with Crippen LogP contribution in [-0.4, -0.2) is 14.4 Å². The third-order valence-electron chi connectivity index (χ3n) is 2.78. The summed E-state index contributed by atoms with van der Waals surface area (Å²) in [5.41, 5.74) is 2.31. The van der Waals surface area contributed by atoms with E-state index in [4.69, 9.17) is 11.6 Å². The van der Waals surface area contributed by atoms with Crippen LogP contribution in [0.3, 0.4) is 0 Å². The Bertz CT molecular complexity index is 754. The zero-order chi connectivity index (χ0) is 14.1. The van der Waals surface area contributed by atoms with E-state index < -0.39 is 0 Å². The lowest BCUT2D eigenvalue weighted by Gasteiger charge is -2.07. The van der Waals surface area contributed by atoms with Crippen molar-refractivity contribution in [1.82, 2.24) is 14.4 Å². The molecular weight excluding hydrogens is 347 g/mol. The van der Waals surface area contributed by atoms with Crippen molar-refractivity contribution in [3.63, 3.8) is 0 Å². The SMILES string of the molecule is Fc1cc(Cl)cc(NCc2cnc3cnc(Br)cn23)c1. The predicted molar refractivity (Wildman–Crippen MR) is 79.4 cm³/mol. The Balaban J connectivity index is 1.84. The lowest BCUT2D eigenvalue weighted by atomic mass is 10.3. The number of nitrogens with one attached hydrogen (secondary N) is 1. The van der Waals surface area contributed by atoms with Crippen molar-refractivity contribution in [2.24, 2.45) is 0 Å². The number of aromatic nitrogens is 3. The minimum absolute atomic E-state index is 0.359. The first-order valence-electron chi connectivity index (χ1n) is 5.79. The largest absolute Gasteiger partial charge is 0.379 e. The van der Waals surface area contributed by atoms with E-state index in [1.807, 2.05) is 10.6 Å². The van der Waals surface area contributed by atoms with E-state index in [1.165, 1.54) is 12.1 Å². The second-order valence-corrected chi connectivity index (χ2v) is 5.45. The van der Waals surface area contributed by atoms with Crippen molar-refractivity contribution in [3.05, 3.63) is 57.9 Å². The van der Waals surface area contributed by atoms with Gasteiger partial charge in [-0.2, -0.15) is 0 Å². The average Bonchev–Trinajstić information content (AvgIpc) is 2.77. The van der Waals surface area contributed by atoms with E-state index in [1.54, 1.807) is 18.5 Å². The van der Waals surface area contributed by atoms with Gasteiger partial charge in [-0.1, -0.05) is 11.6 Å². The number of hydrogen-bond donors (Lipinski definition) is 1. The molecule has 0 saturated carbocycles. The smallest absolute Gasteiger partial charge is 0.155 e. The quantitative estimate of drug-likeness (QED) is 0.775. The molecule has 1 aromatic carbocycles. The lowest BCUT2D eigenvalue weighted by molar-refractivity contribution is 0.628. The molecule has 0 spiro atoms. The highest BCUT2D eigenvalue weighted by atomic mass is 79.9. The van der Waals surface area contributed by atoms with E-state index in [-0.39, 0.29) is 5.82 Å². The molecule has 0 atom stereocenters. The monoisotopic (exact) mass is 354 g/mol. The van der Waals surface area contributed by atoms with Crippen LogP contribution in [0.4, 0.5) is 10.1 Å². The van der Waals surface area contributed by atoms with Crippen LogP contribution in [0.2, 0.25) is 5.02 Å². The number of benzene rings is 1. The van der Waals surface area contributed by atoms with Crippen molar-refractivity contribution < 1.29 is 4.39 Å². The van der Waals surface area contributed by atoms with Crippen LogP contribution >= 0.6 is 27.5 Å². The Morgan fingerprint density at radius 1 is 1.25 bits per heavy atom. The van der Waals surface area contributed by atoms with Crippen LogP contribution in [-0.2, 0) is 6.54 Å². The van der Waals surface area contributed by atoms with Crippen molar-refractivity contribution in [3.8, 4) is 0 Å². The Kier molecular flexibility index (Phi) is 3.58. The molecule has 3 rings (SSSR count). The van der Waals surface area contributed by atoms with Gasteiger partial charge in [0.2, 0.25) is 0 Å². The minimum Gasteiger partial charge on any atom is -0.379 e. The summed E-state index contributed by atoms with van der Waals surface area (Å²) in [7, 11) is 0. The molecular formula is C13H9BrClFN4. The summed E-state index contributed by atoms with van der Waals surface area (Å²) >= 11 is 9.13. The summed E-state index contributed by atoms with van der Waals surface area (Å²) in [4.78, 5) is 8.35. The molecule has 0 aliphatic heterocycles. The van der Waals surface area contributed by atoms with Gasteiger partial charge in [0.05, 0.1) is 24.6 Å². The zero-order valence-electron chi connectivity index (χ0n) is 10.1. The summed E-state index contributed by atoms with van der Waals surface area (Å²) in [6.07, 6.45) is 5.25. The maximum Gasteiger partial charge on any atom is 0.155 e. The van der Waals surface area contributed by atoms with Crippen molar-refractivity contribution in [2.75, 3.05) is 5.32 Å². The van der Waals surface area contributed by atoms with Gasteiger partial charge in [0.25, 0.3) is 0 Å². The fourth-order valence-electron chi connectivity index (χ4n) is 1.90. The second-order valence-electron chi connectivity index (χ2n) is 4.20. The molecule has 0 aliphatic rings. The Morgan fingerprint density at radius 2 is 2.10 bits per heavy atom. The van der Waals surface area contributed by atoms with Gasteiger partial charge in [-0.15, -0.1) is 0 Å². The number of nitrogens with zero attached hydrogens (tertiary/aromatic N) is 3. The third kappa shape index (κ3) is 2.76. The fraction of sp³-hybridized carbons (Fsp3) is 0.0769. The molecule has 0 bridgehead atoms. The number of imidazole rings is 1. The molecule has 0 fully saturated rings. The number of hydrogen-bond acceptors (Lipinski definition) is 3. The van der Waals surface area contributed by atoms with E-state index in [0.717, 1.165) is 15.9 Å². The van der Waals surface area contributed by atoms with Crippen LogP contribution in [0, 0.1) is 5.82 Å². The van der Waals surface area contributed by atoms with E-state index >= 15 is 0 Å². The second kappa shape index (κ2) is 5.38. The predicted octanol–water partition coefficient (Wildman–Crippen LogP) is 3.90. The van der Waals surface area contributed by atoms with Gasteiger partial charge in [-0.3, -0.25) is 4.40 Å². The lowest BCUT2D eigenvalue weighted by Crippen LogP contribution is -2.03. The summed E-state index contributed by atoms with van der Waals surface area (Å²) in [5.74, 6) is -0.370. The molecule has 4 nitrogen and oxygen atoms in total. The molecule has 102 valence electrons. The van der Waals surface area contributed by atoms with Crippen molar-refractivity contribution in [1.29, 1.82) is 0 Å². The molecule has 20 heavy (non-hydrogen) atoms. The maximum atomic E-state index is 13.2. The van der Waals surface area contributed by atoms with E-state index in [2.05, 4.69) is 31.2 Å². The van der Waals surface area contributed by atoms with Crippen LogP contribution in [0.15, 0.2) is 41.4 Å². The van der Waals surface area contributed by atoms with E-state index in [9.17, 15) is 4.39 Å². The molecule has 2 aromatic heterocycles. The normalized spacial score (nSPS) is 10.9. The molecule has 3 aromatic rings. The first-order chi connectivity index (χ1) is 9.61. The summed E-state index contributed by atoms with van der Waals surface area (Å²) in [6.45, 7) is 0.497. The zero-order valence-corrected chi connectivity index (χ0v) is 12.5. The molecule has 1 N–H and O–H groups in total. The number of halogens is 3. The Morgan fingerprint density at radius 3 is 2.90 bits per heavy atom. The van der Waals surface area contributed by atoms with E-state index in [0.29, 0.717) is 17.3 Å². The van der Waals surface area contributed by atoms with Gasteiger partial charge in [0.15, 0.2) is 5.65 Å². The van der Waals surface area contributed by atoms with Crippen LogP contribution in [0.5, 0.6) is 0 Å². The molecule has 7 heteroatoms. The van der Waals surface area contributed by atoms with Gasteiger partial charge in [-0.25, -0.2) is 14.4 Å². The van der Waals surface area contributed by atoms with Gasteiger partial charge >= 0.3 is 0 Å². The average molecular weight is 356 g/mol.